The van der Waals surface area contributed by atoms with Crippen LogP contribution >= 0.6 is 0 Å². The van der Waals surface area contributed by atoms with E-state index in [9.17, 15) is 4.79 Å². The van der Waals surface area contributed by atoms with Crippen LogP contribution in [-0.2, 0) is 11.3 Å². The Morgan fingerprint density at radius 2 is 2.11 bits per heavy atom. The van der Waals surface area contributed by atoms with Gasteiger partial charge in [0.1, 0.15) is 6.61 Å². The van der Waals surface area contributed by atoms with Crippen LogP contribution < -0.4 is 0 Å². The van der Waals surface area contributed by atoms with Crippen molar-refractivity contribution < 1.29 is 9.53 Å². The van der Waals surface area contributed by atoms with Gasteiger partial charge in [-0.25, -0.2) is 4.79 Å². The molecule has 0 spiro atoms. The number of carbonyl (C=O) groups is 1. The largest absolute Gasteiger partial charge is 0.445 e. The summed E-state index contributed by atoms with van der Waals surface area (Å²) in [6, 6.07) is 9.74. The van der Waals surface area contributed by atoms with Gasteiger partial charge in [-0.1, -0.05) is 48.9 Å². The van der Waals surface area contributed by atoms with Crippen LogP contribution in [0.15, 0.2) is 42.0 Å². The molecule has 1 heterocycles. The Bertz CT molecular complexity index is 439. The predicted octanol–water partition coefficient (Wildman–Crippen LogP) is 3.22. The first-order valence-electron chi connectivity index (χ1n) is 6.29. The van der Waals surface area contributed by atoms with Gasteiger partial charge in [0.15, 0.2) is 0 Å². The van der Waals surface area contributed by atoms with Gasteiger partial charge in [0.05, 0.1) is 0 Å². The fourth-order valence-electron chi connectivity index (χ4n) is 1.96. The summed E-state index contributed by atoms with van der Waals surface area (Å²) in [5.74, 6) is 0.419. The number of hydrogen-bond acceptors (Lipinski definition) is 2. The number of nitrogens with zero attached hydrogens (tertiary/aromatic N) is 1. The molecule has 1 atom stereocenters. The second-order valence-corrected chi connectivity index (χ2v) is 4.79. The molecule has 0 radical (unpaired) electrons. The zero-order chi connectivity index (χ0) is 13.0. The number of carbonyl (C=O) groups excluding carboxylic acids is 1. The Balaban J connectivity index is 1.86. The van der Waals surface area contributed by atoms with Crippen LogP contribution in [0.1, 0.15) is 19.4 Å². The van der Waals surface area contributed by atoms with E-state index >= 15 is 0 Å². The lowest BCUT2D eigenvalue weighted by Gasteiger charge is -2.29. The van der Waals surface area contributed by atoms with E-state index in [2.05, 4.69) is 19.9 Å². The molecule has 0 N–H and O–H groups in total. The summed E-state index contributed by atoms with van der Waals surface area (Å²) >= 11 is 0. The molecule has 0 aliphatic carbocycles. The highest BCUT2D eigenvalue weighted by Gasteiger charge is 2.21. The maximum absolute atomic E-state index is 11.9. The summed E-state index contributed by atoms with van der Waals surface area (Å²) in [7, 11) is 0. The van der Waals surface area contributed by atoms with Crippen molar-refractivity contribution in [2.75, 3.05) is 13.1 Å². The van der Waals surface area contributed by atoms with Crippen LogP contribution in [0.4, 0.5) is 4.79 Å². The summed E-state index contributed by atoms with van der Waals surface area (Å²) in [5.41, 5.74) is 2.37. The second-order valence-electron chi connectivity index (χ2n) is 4.79. The van der Waals surface area contributed by atoms with Crippen LogP contribution in [0.2, 0.25) is 0 Å². The summed E-state index contributed by atoms with van der Waals surface area (Å²) in [6.45, 7) is 5.98. The molecule has 1 aliphatic heterocycles. The molecule has 18 heavy (non-hydrogen) atoms. The van der Waals surface area contributed by atoms with E-state index in [0.717, 1.165) is 12.1 Å². The van der Waals surface area contributed by atoms with Gasteiger partial charge in [-0.15, -0.1) is 0 Å². The van der Waals surface area contributed by atoms with Crippen LogP contribution in [0, 0.1) is 5.92 Å². The van der Waals surface area contributed by atoms with E-state index in [1.54, 1.807) is 4.90 Å². The molecule has 1 aliphatic rings. The molecular weight excluding hydrogens is 226 g/mol. The van der Waals surface area contributed by atoms with Gasteiger partial charge in [-0.2, -0.15) is 0 Å². The molecule has 0 fully saturated rings. The molecule has 1 amide bonds. The second kappa shape index (κ2) is 5.71. The third kappa shape index (κ3) is 3.13. The molecule has 3 nitrogen and oxygen atoms in total. The van der Waals surface area contributed by atoms with Crippen LogP contribution in [-0.4, -0.2) is 24.1 Å². The Kier molecular flexibility index (Phi) is 4.03. The molecule has 0 saturated carbocycles. The van der Waals surface area contributed by atoms with Crippen LogP contribution in [0.3, 0.4) is 0 Å². The minimum Gasteiger partial charge on any atom is -0.445 e. The Hall–Kier alpha value is -1.77. The number of ether oxygens (including phenoxy) is 1. The molecule has 96 valence electrons. The summed E-state index contributed by atoms with van der Waals surface area (Å²) in [6.07, 6.45) is 1.87. The van der Waals surface area contributed by atoms with E-state index in [4.69, 9.17) is 4.74 Å². The van der Waals surface area contributed by atoms with E-state index in [1.807, 2.05) is 30.3 Å². The predicted molar refractivity (Wildman–Crippen MR) is 71.1 cm³/mol. The fraction of sp³-hybridized carbons (Fsp3) is 0.400. The van der Waals surface area contributed by atoms with E-state index in [0.29, 0.717) is 19.1 Å². The quantitative estimate of drug-likeness (QED) is 0.749. The minimum absolute atomic E-state index is 0.227. The van der Waals surface area contributed by atoms with Crippen molar-refractivity contribution in [1.82, 2.24) is 4.90 Å². The Morgan fingerprint density at radius 1 is 1.39 bits per heavy atom. The van der Waals surface area contributed by atoms with Crippen molar-refractivity contribution in [3.63, 3.8) is 0 Å². The molecular formula is C15H19NO2. The number of hydrogen-bond donors (Lipinski definition) is 0. The number of benzene rings is 1. The maximum Gasteiger partial charge on any atom is 0.410 e. The molecule has 2 rings (SSSR count). The highest BCUT2D eigenvalue weighted by molar-refractivity contribution is 5.68. The Labute approximate surface area is 108 Å². The first kappa shape index (κ1) is 12.7. The number of amides is 1. The highest BCUT2D eigenvalue weighted by atomic mass is 16.6. The third-order valence-corrected chi connectivity index (χ3v) is 3.37. The van der Waals surface area contributed by atoms with Crippen molar-refractivity contribution in [2.45, 2.75) is 20.5 Å². The summed E-state index contributed by atoms with van der Waals surface area (Å²) in [4.78, 5) is 13.6. The average molecular weight is 245 g/mol. The van der Waals surface area contributed by atoms with E-state index in [-0.39, 0.29) is 6.09 Å². The average Bonchev–Trinajstić information content (AvgIpc) is 2.40. The Morgan fingerprint density at radius 3 is 2.78 bits per heavy atom. The van der Waals surface area contributed by atoms with Crippen molar-refractivity contribution in [3.8, 4) is 0 Å². The first-order chi connectivity index (χ1) is 8.66. The fourth-order valence-corrected chi connectivity index (χ4v) is 1.96. The lowest BCUT2D eigenvalue weighted by molar-refractivity contribution is 0.0948. The maximum atomic E-state index is 11.9. The van der Waals surface area contributed by atoms with Crippen molar-refractivity contribution in [3.05, 3.63) is 47.5 Å². The molecule has 1 aromatic carbocycles. The normalized spacial score (nSPS) is 19.3. The summed E-state index contributed by atoms with van der Waals surface area (Å²) < 4.78 is 5.31. The van der Waals surface area contributed by atoms with Gasteiger partial charge >= 0.3 is 6.09 Å². The van der Waals surface area contributed by atoms with Crippen LogP contribution in [0.5, 0.6) is 0 Å². The molecule has 0 bridgehead atoms. The van der Waals surface area contributed by atoms with E-state index in [1.165, 1.54) is 5.57 Å². The SMILES string of the molecule is CC1=CCN(C(=O)OCc2ccccc2)CC1C. The molecule has 1 aromatic rings. The van der Waals surface area contributed by atoms with Crippen molar-refractivity contribution >= 4 is 6.09 Å². The summed E-state index contributed by atoms with van der Waals surface area (Å²) in [5, 5.41) is 0. The smallest absolute Gasteiger partial charge is 0.410 e. The van der Waals surface area contributed by atoms with Crippen LogP contribution in [0.25, 0.3) is 0 Å². The highest BCUT2D eigenvalue weighted by Crippen LogP contribution is 2.17. The van der Waals surface area contributed by atoms with Crippen molar-refractivity contribution in [1.29, 1.82) is 0 Å². The van der Waals surface area contributed by atoms with Gasteiger partial charge in [0.2, 0.25) is 0 Å². The number of rotatable bonds is 2. The van der Waals surface area contributed by atoms with Gasteiger partial charge in [-0.3, -0.25) is 0 Å². The molecule has 0 aromatic heterocycles. The van der Waals surface area contributed by atoms with E-state index < -0.39 is 0 Å². The molecule has 3 heteroatoms. The van der Waals surface area contributed by atoms with Crippen molar-refractivity contribution in [2.24, 2.45) is 5.92 Å². The first-order valence-corrected chi connectivity index (χ1v) is 6.29. The standard InChI is InChI=1S/C15H19NO2/c1-12-8-9-16(10-13(12)2)15(17)18-11-14-6-4-3-5-7-14/h3-8,13H,9-11H2,1-2H3. The lowest BCUT2D eigenvalue weighted by atomic mass is 9.99. The lowest BCUT2D eigenvalue weighted by Crippen LogP contribution is -2.38. The van der Waals surface area contributed by atoms with Gasteiger partial charge < -0.3 is 9.64 Å². The van der Waals surface area contributed by atoms with Gasteiger partial charge in [-0.05, 0) is 18.4 Å². The zero-order valence-corrected chi connectivity index (χ0v) is 10.9. The topological polar surface area (TPSA) is 29.5 Å². The zero-order valence-electron chi connectivity index (χ0n) is 10.9. The monoisotopic (exact) mass is 245 g/mol. The molecule has 0 saturated heterocycles. The minimum atomic E-state index is -0.227. The third-order valence-electron chi connectivity index (χ3n) is 3.37. The molecule has 1 unspecified atom stereocenters. The van der Waals surface area contributed by atoms with Gasteiger partial charge in [0, 0.05) is 13.1 Å². The van der Waals surface area contributed by atoms with Gasteiger partial charge in [0.25, 0.3) is 0 Å².